The van der Waals surface area contributed by atoms with Crippen molar-refractivity contribution in [3.05, 3.63) is 47.2 Å². The second-order valence-corrected chi connectivity index (χ2v) is 4.29. The van der Waals surface area contributed by atoms with E-state index in [1.54, 1.807) is 17.7 Å². The van der Waals surface area contributed by atoms with Crippen molar-refractivity contribution >= 4 is 28.1 Å². The molecule has 3 aromatic rings. The van der Waals surface area contributed by atoms with Gasteiger partial charge in [0.2, 0.25) is 0 Å². The van der Waals surface area contributed by atoms with Crippen molar-refractivity contribution in [2.75, 3.05) is 5.32 Å². The van der Waals surface area contributed by atoms with E-state index in [9.17, 15) is 0 Å². The van der Waals surface area contributed by atoms with Gasteiger partial charge in [-0.3, -0.25) is 0 Å². The van der Waals surface area contributed by atoms with Crippen LogP contribution in [0.1, 0.15) is 5.69 Å². The lowest BCUT2D eigenvalue weighted by Gasteiger charge is -2.06. The molecular weight excluding hydrogens is 232 g/mol. The molecule has 0 unspecified atom stereocenters. The van der Waals surface area contributed by atoms with Crippen molar-refractivity contribution in [3.63, 3.8) is 0 Å². The number of nitrogens with one attached hydrogen (secondary N) is 1. The molecule has 84 valence electrons. The SMILES string of the molecule is c1ccc2c(NCc3cscn3)ncnc2c1. The maximum atomic E-state index is 4.26. The first-order valence-corrected chi connectivity index (χ1v) is 6.18. The van der Waals surface area contributed by atoms with Gasteiger partial charge < -0.3 is 5.32 Å². The van der Waals surface area contributed by atoms with Gasteiger partial charge in [0.1, 0.15) is 12.1 Å². The molecule has 0 saturated carbocycles. The van der Waals surface area contributed by atoms with Crippen molar-refractivity contribution in [2.45, 2.75) is 6.54 Å². The first-order valence-electron chi connectivity index (χ1n) is 5.24. The number of rotatable bonds is 3. The minimum Gasteiger partial charge on any atom is -0.364 e. The van der Waals surface area contributed by atoms with Crippen molar-refractivity contribution in [1.82, 2.24) is 15.0 Å². The summed E-state index contributed by atoms with van der Waals surface area (Å²) in [4.78, 5) is 12.7. The molecule has 17 heavy (non-hydrogen) atoms. The Morgan fingerprint density at radius 3 is 2.94 bits per heavy atom. The molecule has 1 aromatic carbocycles. The summed E-state index contributed by atoms with van der Waals surface area (Å²) in [6, 6.07) is 7.95. The van der Waals surface area contributed by atoms with Crippen LogP contribution in [0.4, 0.5) is 5.82 Å². The number of fused-ring (bicyclic) bond motifs is 1. The topological polar surface area (TPSA) is 50.7 Å². The van der Waals surface area contributed by atoms with Crippen LogP contribution in [0.25, 0.3) is 10.9 Å². The lowest BCUT2D eigenvalue weighted by Crippen LogP contribution is -2.02. The third-order valence-corrected chi connectivity index (χ3v) is 3.10. The highest BCUT2D eigenvalue weighted by atomic mass is 32.1. The van der Waals surface area contributed by atoms with Gasteiger partial charge in [0.15, 0.2) is 0 Å². The molecular formula is C12H10N4S. The molecule has 1 N–H and O–H groups in total. The molecule has 3 rings (SSSR count). The van der Waals surface area contributed by atoms with E-state index in [1.807, 2.05) is 35.2 Å². The molecule has 5 heteroatoms. The fourth-order valence-electron chi connectivity index (χ4n) is 1.64. The largest absolute Gasteiger partial charge is 0.364 e. The third-order valence-electron chi connectivity index (χ3n) is 2.46. The summed E-state index contributed by atoms with van der Waals surface area (Å²) in [5.41, 5.74) is 3.80. The Balaban J connectivity index is 1.90. The van der Waals surface area contributed by atoms with Gasteiger partial charge >= 0.3 is 0 Å². The predicted octanol–water partition coefficient (Wildman–Crippen LogP) is 2.70. The molecule has 0 atom stereocenters. The van der Waals surface area contributed by atoms with Crippen LogP contribution in [0.15, 0.2) is 41.5 Å². The van der Waals surface area contributed by atoms with Gasteiger partial charge in [-0.2, -0.15) is 0 Å². The van der Waals surface area contributed by atoms with E-state index in [2.05, 4.69) is 20.3 Å². The van der Waals surface area contributed by atoms with Gasteiger partial charge in [0.25, 0.3) is 0 Å². The van der Waals surface area contributed by atoms with Gasteiger partial charge in [-0.15, -0.1) is 11.3 Å². The summed E-state index contributed by atoms with van der Waals surface area (Å²) in [5, 5.41) is 6.34. The zero-order valence-electron chi connectivity index (χ0n) is 9.00. The molecule has 0 bridgehead atoms. The summed E-state index contributed by atoms with van der Waals surface area (Å²) in [7, 11) is 0. The standard InChI is InChI=1S/C12H10N4S/c1-2-4-11-10(3-1)12(15-7-14-11)13-5-9-6-17-8-16-9/h1-4,6-8H,5H2,(H,13,14,15). The maximum absolute atomic E-state index is 4.26. The van der Waals surface area contributed by atoms with Crippen LogP contribution in [-0.4, -0.2) is 15.0 Å². The van der Waals surface area contributed by atoms with E-state index < -0.39 is 0 Å². The Kier molecular flexibility index (Phi) is 2.67. The fourth-order valence-corrected chi connectivity index (χ4v) is 2.20. The van der Waals surface area contributed by atoms with Gasteiger partial charge in [0, 0.05) is 10.8 Å². The summed E-state index contributed by atoms with van der Waals surface area (Å²) in [5.74, 6) is 0.851. The molecule has 0 radical (unpaired) electrons. The first kappa shape index (κ1) is 10.2. The number of hydrogen-bond donors (Lipinski definition) is 1. The second kappa shape index (κ2) is 4.47. The minimum atomic E-state index is 0.685. The number of para-hydroxylation sites is 1. The summed E-state index contributed by atoms with van der Waals surface area (Å²) in [6.07, 6.45) is 1.58. The quantitative estimate of drug-likeness (QED) is 0.767. The van der Waals surface area contributed by atoms with Gasteiger partial charge in [0.05, 0.1) is 23.3 Å². The molecule has 0 saturated heterocycles. The number of aromatic nitrogens is 3. The van der Waals surface area contributed by atoms with E-state index in [0.29, 0.717) is 6.54 Å². The molecule has 0 spiro atoms. The highest BCUT2D eigenvalue weighted by Gasteiger charge is 2.02. The lowest BCUT2D eigenvalue weighted by atomic mass is 10.2. The maximum Gasteiger partial charge on any atom is 0.137 e. The normalized spacial score (nSPS) is 10.6. The Hall–Kier alpha value is -2.01. The van der Waals surface area contributed by atoms with Gasteiger partial charge in [-0.05, 0) is 12.1 Å². The van der Waals surface area contributed by atoms with Crippen LogP contribution in [-0.2, 0) is 6.54 Å². The third kappa shape index (κ3) is 2.09. The Bertz CT molecular complexity index is 616. The number of benzene rings is 1. The van der Waals surface area contributed by atoms with E-state index in [-0.39, 0.29) is 0 Å². The highest BCUT2D eigenvalue weighted by molar-refractivity contribution is 7.07. The molecule has 0 amide bonds. The summed E-state index contributed by atoms with van der Waals surface area (Å²) in [6.45, 7) is 0.685. The monoisotopic (exact) mass is 242 g/mol. The Morgan fingerprint density at radius 1 is 1.12 bits per heavy atom. The van der Waals surface area contributed by atoms with Crippen LogP contribution < -0.4 is 5.32 Å². The van der Waals surface area contributed by atoms with Crippen molar-refractivity contribution in [1.29, 1.82) is 0 Å². The molecule has 0 aliphatic heterocycles. The highest BCUT2D eigenvalue weighted by Crippen LogP contribution is 2.18. The molecule has 4 nitrogen and oxygen atoms in total. The Labute approximate surface area is 102 Å². The predicted molar refractivity (Wildman–Crippen MR) is 69.0 cm³/mol. The Morgan fingerprint density at radius 2 is 2.06 bits per heavy atom. The fraction of sp³-hybridized carbons (Fsp3) is 0.0833. The van der Waals surface area contributed by atoms with E-state index in [1.165, 1.54) is 0 Å². The van der Waals surface area contributed by atoms with E-state index in [0.717, 1.165) is 22.4 Å². The van der Waals surface area contributed by atoms with E-state index in [4.69, 9.17) is 0 Å². The first-order chi connectivity index (χ1) is 8.43. The lowest BCUT2D eigenvalue weighted by molar-refractivity contribution is 1.05. The van der Waals surface area contributed by atoms with Crippen LogP contribution in [0.2, 0.25) is 0 Å². The molecule has 0 aliphatic carbocycles. The number of thiazole rings is 1. The van der Waals surface area contributed by atoms with Gasteiger partial charge in [-0.1, -0.05) is 12.1 Å². The summed E-state index contributed by atoms with van der Waals surface area (Å²) < 4.78 is 0. The number of nitrogens with zero attached hydrogens (tertiary/aromatic N) is 3. The molecule has 0 aliphatic rings. The second-order valence-electron chi connectivity index (χ2n) is 3.57. The van der Waals surface area contributed by atoms with Gasteiger partial charge in [-0.25, -0.2) is 15.0 Å². The smallest absolute Gasteiger partial charge is 0.137 e. The zero-order valence-corrected chi connectivity index (χ0v) is 9.81. The van der Waals surface area contributed by atoms with Crippen LogP contribution in [0, 0.1) is 0 Å². The zero-order chi connectivity index (χ0) is 11.5. The van der Waals surface area contributed by atoms with E-state index >= 15 is 0 Å². The van der Waals surface area contributed by atoms with Crippen LogP contribution >= 0.6 is 11.3 Å². The molecule has 2 heterocycles. The molecule has 0 fully saturated rings. The number of anilines is 1. The van der Waals surface area contributed by atoms with Crippen molar-refractivity contribution in [3.8, 4) is 0 Å². The average molecular weight is 242 g/mol. The van der Waals surface area contributed by atoms with Crippen LogP contribution in [0.3, 0.4) is 0 Å². The van der Waals surface area contributed by atoms with Crippen molar-refractivity contribution in [2.24, 2.45) is 0 Å². The minimum absolute atomic E-state index is 0.685. The summed E-state index contributed by atoms with van der Waals surface area (Å²) >= 11 is 1.59. The number of hydrogen-bond acceptors (Lipinski definition) is 5. The average Bonchev–Trinajstić information content (AvgIpc) is 2.89. The molecule has 2 aromatic heterocycles. The van der Waals surface area contributed by atoms with Crippen LogP contribution in [0.5, 0.6) is 0 Å². The van der Waals surface area contributed by atoms with Crippen molar-refractivity contribution < 1.29 is 0 Å².